The van der Waals surface area contributed by atoms with Crippen molar-refractivity contribution in [1.82, 2.24) is 15.6 Å². The van der Waals surface area contributed by atoms with Gasteiger partial charge in [-0.05, 0) is 38.8 Å². The molecule has 0 spiro atoms. The van der Waals surface area contributed by atoms with Gasteiger partial charge in [0, 0.05) is 36.6 Å². The SMILES string of the molecule is CN=C(NCc1nc(C)c(C)s1)NCc1ccc(C)cc1OCC1CCOC1.I. The van der Waals surface area contributed by atoms with E-state index in [9.17, 15) is 0 Å². The molecule has 3 rings (SSSR count). The predicted octanol–water partition coefficient (Wildman–Crippen LogP) is 3.97. The van der Waals surface area contributed by atoms with Gasteiger partial charge in [-0.25, -0.2) is 4.98 Å². The summed E-state index contributed by atoms with van der Waals surface area (Å²) in [5.41, 5.74) is 3.41. The van der Waals surface area contributed by atoms with Crippen LogP contribution in [0.25, 0.3) is 0 Å². The van der Waals surface area contributed by atoms with Gasteiger partial charge in [-0.15, -0.1) is 35.3 Å². The summed E-state index contributed by atoms with van der Waals surface area (Å²) in [6.07, 6.45) is 1.08. The molecule has 8 heteroatoms. The van der Waals surface area contributed by atoms with Crippen molar-refractivity contribution in [3.63, 3.8) is 0 Å². The molecule has 0 aliphatic carbocycles. The van der Waals surface area contributed by atoms with E-state index in [0.29, 0.717) is 25.6 Å². The largest absolute Gasteiger partial charge is 0.493 e. The van der Waals surface area contributed by atoms with E-state index in [0.717, 1.165) is 47.6 Å². The standard InChI is InChI=1S/C21H30N4O2S.HI/c1-14-5-6-18(19(9-14)27-13-17-7-8-26-12-17)10-23-21(22-4)24-11-20-25-15(2)16(3)28-20;/h5-6,9,17H,7-8,10-13H2,1-4H3,(H2,22,23,24);1H. The molecule has 2 heterocycles. The lowest BCUT2D eigenvalue weighted by Gasteiger charge is -2.16. The molecule has 0 radical (unpaired) electrons. The number of aromatic nitrogens is 1. The number of hydrogen-bond acceptors (Lipinski definition) is 5. The molecule has 1 unspecified atom stereocenters. The van der Waals surface area contributed by atoms with Gasteiger partial charge >= 0.3 is 0 Å². The van der Waals surface area contributed by atoms with E-state index in [2.05, 4.69) is 52.7 Å². The number of nitrogens with one attached hydrogen (secondary N) is 2. The van der Waals surface area contributed by atoms with Gasteiger partial charge in [0.2, 0.25) is 0 Å². The van der Waals surface area contributed by atoms with Gasteiger partial charge in [0.25, 0.3) is 0 Å². The van der Waals surface area contributed by atoms with Crippen LogP contribution in [0, 0.1) is 26.7 Å². The monoisotopic (exact) mass is 530 g/mol. The van der Waals surface area contributed by atoms with Crippen molar-refractivity contribution < 1.29 is 9.47 Å². The molecule has 1 atom stereocenters. The second-order valence-corrected chi connectivity index (χ2v) is 8.47. The molecule has 160 valence electrons. The van der Waals surface area contributed by atoms with Crippen molar-refractivity contribution in [2.75, 3.05) is 26.9 Å². The van der Waals surface area contributed by atoms with Crippen LogP contribution in [-0.4, -0.2) is 37.8 Å². The Morgan fingerprint density at radius 1 is 1.28 bits per heavy atom. The quantitative estimate of drug-likeness (QED) is 0.322. The number of nitrogens with zero attached hydrogens (tertiary/aromatic N) is 2. The molecule has 2 N–H and O–H groups in total. The highest BCUT2D eigenvalue weighted by Crippen LogP contribution is 2.22. The van der Waals surface area contributed by atoms with Crippen LogP contribution < -0.4 is 15.4 Å². The molecule has 1 aromatic carbocycles. The Balaban J connectivity index is 0.00000300. The van der Waals surface area contributed by atoms with E-state index in [1.165, 1.54) is 10.4 Å². The van der Waals surface area contributed by atoms with Crippen LogP contribution in [0.2, 0.25) is 0 Å². The summed E-state index contributed by atoms with van der Waals surface area (Å²) in [5, 5.41) is 7.78. The zero-order chi connectivity index (χ0) is 19.9. The first kappa shape index (κ1) is 23.9. The summed E-state index contributed by atoms with van der Waals surface area (Å²) >= 11 is 1.72. The first-order valence-electron chi connectivity index (χ1n) is 9.72. The van der Waals surface area contributed by atoms with Crippen molar-refractivity contribution in [1.29, 1.82) is 0 Å². The van der Waals surface area contributed by atoms with Gasteiger partial charge in [-0.1, -0.05) is 12.1 Å². The third-order valence-corrected chi connectivity index (χ3v) is 5.94. The molecule has 1 aliphatic heterocycles. The second kappa shape index (κ2) is 11.7. The number of rotatable bonds is 7. The maximum atomic E-state index is 6.12. The second-order valence-electron chi connectivity index (χ2n) is 7.18. The lowest BCUT2D eigenvalue weighted by molar-refractivity contribution is 0.166. The number of ether oxygens (including phenoxy) is 2. The van der Waals surface area contributed by atoms with E-state index >= 15 is 0 Å². The van der Waals surface area contributed by atoms with E-state index in [4.69, 9.17) is 9.47 Å². The molecule has 1 fully saturated rings. The van der Waals surface area contributed by atoms with Crippen LogP contribution in [0.15, 0.2) is 23.2 Å². The van der Waals surface area contributed by atoms with Crippen molar-refractivity contribution in [2.45, 2.75) is 40.3 Å². The van der Waals surface area contributed by atoms with Gasteiger partial charge in [-0.3, -0.25) is 4.99 Å². The average molecular weight is 530 g/mol. The highest BCUT2D eigenvalue weighted by molar-refractivity contribution is 14.0. The van der Waals surface area contributed by atoms with Crippen LogP contribution in [-0.2, 0) is 17.8 Å². The third-order valence-electron chi connectivity index (χ3n) is 4.87. The molecule has 1 saturated heterocycles. The number of halogens is 1. The fourth-order valence-corrected chi connectivity index (χ4v) is 3.91. The molecule has 0 bridgehead atoms. The average Bonchev–Trinajstić information content (AvgIpc) is 3.31. The lowest BCUT2D eigenvalue weighted by atomic mass is 10.1. The van der Waals surface area contributed by atoms with E-state index in [1.54, 1.807) is 18.4 Å². The highest BCUT2D eigenvalue weighted by atomic mass is 127. The fourth-order valence-electron chi connectivity index (χ4n) is 3.04. The predicted molar refractivity (Wildman–Crippen MR) is 130 cm³/mol. The minimum Gasteiger partial charge on any atom is -0.493 e. The van der Waals surface area contributed by atoms with Crippen LogP contribution in [0.5, 0.6) is 5.75 Å². The number of guanidine groups is 1. The zero-order valence-corrected chi connectivity index (χ0v) is 20.7. The smallest absolute Gasteiger partial charge is 0.191 e. The highest BCUT2D eigenvalue weighted by Gasteiger charge is 2.17. The topological polar surface area (TPSA) is 67.8 Å². The van der Waals surface area contributed by atoms with E-state index in [-0.39, 0.29) is 24.0 Å². The van der Waals surface area contributed by atoms with E-state index < -0.39 is 0 Å². The molecule has 0 amide bonds. The summed E-state index contributed by atoms with van der Waals surface area (Å²) < 4.78 is 11.6. The van der Waals surface area contributed by atoms with Crippen molar-refractivity contribution in [3.8, 4) is 5.75 Å². The Morgan fingerprint density at radius 3 is 2.72 bits per heavy atom. The van der Waals surface area contributed by atoms with Gasteiger partial charge in [0.1, 0.15) is 10.8 Å². The maximum absolute atomic E-state index is 6.12. The first-order valence-corrected chi connectivity index (χ1v) is 10.5. The Hall–Kier alpha value is -1.39. The molecular weight excluding hydrogens is 499 g/mol. The molecule has 29 heavy (non-hydrogen) atoms. The number of aliphatic imine (C=N–C) groups is 1. The fraction of sp³-hybridized carbons (Fsp3) is 0.524. The Labute approximate surface area is 194 Å². The molecule has 1 aliphatic rings. The minimum absolute atomic E-state index is 0. The Bertz CT molecular complexity index is 800. The number of benzene rings is 1. The van der Waals surface area contributed by atoms with Crippen LogP contribution >= 0.6 is 35.3 Å². The Kier molecular flexibility index (Phi) is 9.64. The summed E-state index contributed by atoms with van der Waals surface area (Å²) in [7, 11) is 1.78. The van der Waals surface area contributed by atoms with Crippen LogP contribution in [0.4, 0.5) is 0 Å². The summed E-state index contributed by atoms with van der Waals surface area (Å²) in [5.74, 6) is 2.17. The van der Waals surface area contributed by atoms with Gasteiger partial charge in [0.15, 0.2) is 5.96 Å². The number of hydrogen-bond donors (Lipinski definition) is 2. The maximum Gasteiger partial charge on any atom is 0.191 e. The van der Waals surface area contributed by atoms with Crippen molar-refractivity contribution in [2.24, 2.45) is 10.9 Å². The zero-order valence-electron chi connectivity index (χ0n) is 17.6. The molecular formula is C21H31IN4O2S. The lowest BCUT2D eigenvalue weighted by Crippen LogP contribution is -2.36. The summed E-state index contributed by atoms with van der Waals surface area (Å²) in [6, 6.07) is 6.33. The normalized spacial score (nSPS) is 16.4. The number of thiazole rings is 1. The van der Waals surface area contributed by atoms with Crippen molar-refractivity contribution >= 4 is 41.3 Å². The molecule has 0 saturated carbocycles. The Morgan fingerprint density at radius 2 is 2.07 bits per heavy atom. The molecule has 6 nitrogen and oxygen atoms in total. The van der Waals surface area contributed by atoms with Gasteiger partial charge < -0.3 is 20.1 Å². The number of aryl methyl sites for hydroxylation is 3. The third kappa shape index (κ3) is 7.11. The van der Waals surface area contributed by atoms with Crippen LogP contribution in [0.3, 0.4) is 0 Å². The van der Waals surface area contributed by atoms with Gasteiger partial charge in [0.05, 0.1) is 25.5 Å². The molecule has 2 aromatic rings. The first-order chi connectivity index (χ1) is 13.5. The van der Waals surface area contributed by atoms with Gasteiger partial charge in [-0.2, -0.15) is 0 Å². The summed E-state index contributed by atoms with van der Waals surface area (Å²) in [6.45, 7) is 9.87. The van der Waals surface area contributed by atoms with E-state index in [1.807, 2.05) is 6.92 Å². The summed E-state index contributed by atoms with van der Waals surface area (Å²) in [4.78, 5) is 10.1. The van der Waals surface area contributed by atoms with Crippen molar-refractivity contribution in [3.05, 3.63) is 44.9 Å². The minimum atomic E-state index is 0. The van der Waals surface area contributed by atoms with Crippen LogP contribution in [0.1, 0.15) is 33.1 Å². The molecule has 1 aromatic heterocycles.